The predicted octanol–water partition coefficient (Wildman–Crippen LogP) is 3.96. The molecule has 0 saturated heterocycles. The highest BCUT2D eigenvalue weighted by atomic mass is 16.5. The molecule has 0 aliphatic carbocycles. The second-order valence-corrected chi connectivity index (χ2v) is 6.18. The number of nitrogens with one attached hydrogen (secondary N) is 1. The van der Waals surface area contributed by atoms with Crippen LogP contribution < -0.4 is 10.2 Å². The summed E-state index contributed by atoms with van der Waals surface area (Å²) in [6.07, 6.45) is 1.58. The molecule has 0 saturated carbocycles. The molecule has 2 aliphatic rings. The van der Waals surface area contributed by atoms with Gasteiger partial charge in [0.15, 0.2) is 5.49 Å². The molecule has 138 valence electrons. The number of fused-ring (bicyclic) bond motifs is 4. The van der Waals surface area contributed by atoms with Crippen molar-refractivity contribution in [2.45, 2.75) is 20.8 Å². The van der Waals surface area contributed by atoms with Gasteiger partial charge in [-0.05, 0) is 32.4 Å². The first-order valence-electron chi connectivity index (χ1n) is 8.51. The van der Waals surface area contributed by atoms with Crippen LogP contribution in [-0.2, 0) is 4.74 Å². The van der Waals surface area contributed by atoms with Crippen LogP contribution >= 0.6 is 0 Å². The van der Waals surface area contributed by atoms with Crippen molar-refractivity contribution in [1.29, 1.82) is 5.41 Å². The maximum atomic E-state index is 12.3. The molecule has 1 N–H and O–H groups in total. The molecule has 2 aromatic rings. The number of aryl methyl sites for hydroxylation is 1. The Hall–Kier alpha value is -3.35. The zero-order chi connectivity index (χ0) is 19.3. The number of furan rings is 1. The van der Waals surface area contributed by atoms with Crippen LogP contribution in [0.2, 0.25) is 0 Å². The Labute approximate surface area is 154 Å². The topological polar surface area (TPSA) is 98.6 Å². The summed E-state index contributed by atoms with van der Waals surface area (Å²) in [5, 5.41) is 9.73. The molecule has 0 fully saturated rings. The van der Waals surface area contributed by atoms with Gasteiger partial charge in [-0.3, -0.25) is 5.41 Å². The Kier molecular flexibility index (Phi) is 3.87. The molecule has 0 amide bonds. The third-order valence-corrected chi connectivity index (χ3v) is 4.66. The fourth-order valence-electron chi connectivity index (χ4n) is 3.56. The lowest BCUT2D eigenvalue weighted by Crippen LogP contribution is -2.24. The number of pyridine rings is 1. The highest BCUT2D eigenvalue weighted by Gasteiger charge is 2.27. The summed E-state index contributed by atoms with van der Waals surface area (Å²) in [6.45, 7) is 5.52. The summed E-state index contributed by atoms with van der Waals surface area (Å²) < 4.78 is 22.2. The van der Waals surface area contributed by atoms with Crippen molar-refractivity contribution >= 4 is 27.9 Å². The monoisotopic (exact) mass is 366 g/mol. The molecular weight excluding hydrogens is 348 g/mol. The van der Waals surface area contributed by atoms with E-state index < -0.39 is 5.97 Å². The number of methoxy groups -OCH3 is 1. The van der Waals surface area contributed by atoms with E-state index in [4.69, 9.17) is 23.7 Å². The molecule has 1 aromatic heterocycles. The fourth-order valence-corrected chi connectivity index (χ4v) is 3.56. The quantitative estimate of drug-likeness (QED) is 0.435. The molecular formula is C20H18N2O5. The summed E-state index contributed by atoms with van der Waals surface area (Å²) in [4.78, 5) is 16.7. The van der Waals surface area contributed by atoms with Crippen molar-refractivity contribution in [3.8, 4) is 17.0 Å². The Morgan fingerprint density at radius 1 is 1.30 bits per heavy atom. The van der Waals surface area contributed by atoms with E-state index in [1.54, 1.807) is 46.3 Å². The lowest BCUT2D eigenvalue weighted by molar-refractivity contribution is 0.0523. The Morgan fingerprint density at radius 3 is 2.78 bits per heavy atom. The third kappa shape index (κ3) is 2.38. The molecule has 7 heteroatoms. The fraction of sp³-hybridized carbons (Fsp3) is 0.250. The van der Waals surface area contributed by atoms with Crippen LogP contribution in [-0.4, -0.2) is 24.7 Å². The molecule has 0 radical (unpaired) electrons. The number of benzene rings is 1. The van der Waals surface area contributed by atoms with Crippen molar-refractivity contribution in [2.24, 2.45) is 0 Å². The maximum absolute atomic E-state index is 12.3. The molecule has 27 heavy (non-hydrogen) atoms. The largest absolute Gasteiger partial charge is 0.495 e. The van der Waals surface area contributed by atoms with Crippen molar-refractivity contribution in [3.63, 3.8) is 0 Å². The lowest BCUT2D eigenvalue weighted by atomic mass is 9.95. The van der Waals surface area contributed by atoms with Crippen molar-refractivity contribution in [1.82, 2.24) is 4.98 Å². The van der Waals surface area contributed by atoms with Gasteiger partial charge >= 0.3 is 5.97 Å². The number of carbonyl (C=O) groups excluding carboxylic acids is 1. The maximum Gasteiger partial charge on any atom is 0.342 e. The van der Waals surface area contributed by atoms with Crippen LogP contribution in [0.1, 0.15) is 28.6 Å². The van der Waals surface area contributed by atoms with Gasteiger partial charge in [-0.25, -0.2) is 9.78 Å². The van der Waals surface area contributed by atoms with Gasteiger partial charge in [0.2, 0.25) is 0 Å². The van der Waals surface area contributed by atoms with Gasteiger partial charge in [-0.2, -0.15) is 0 Å². The Balaban J connectivity index is 2.20. The zero-order valence-electron chi connectivity index (χ0n) is 15.4. The van der Waals surface area contributed by atoms with Crippen LogP contribution in [0.15, 0.2) is 27.2 Å². The smallest absolute Gasteiger partial charge is 0.342 e. The molecule has 1 aromatic carbocycles. The number of hydrogen-bond donors (Lipinski definition) is 1. The van der Waals surface area contributed by atoms with Crippen LogP contribution in [0, 0.1) is 19.3 Å². The molecule has 7 nitrogen and oxygen atoms in total. The number of hydrogen-bond acceptors (Lipinski definition) is 7. The average Bonchev–Trinajstić information content (AvgIpc) is 3.07. The van der Waals surface area contributed by atoms with Crippen LogP contribution in [0.4, 0.5) is 0 Å². The van der Waals surface area contributed by atoms with Gasteiger partial charge in [-0.15, -0.1) is 0 Å². The lowest BCUT2D eigenvalue weighted by Gasteiger charge is -2.18. The Morgan fingerprint density at radius 2 is 2.07 bits per heavy atom. The summed E-state index contributed by atoms with van der Waals surface area (Å²) in [5.41, 5.74) is 2.99. The van der Waals surface area contributed by atoms with Crippen molar-refractivity contribution in [2.75, 3.05) is 13.7 Å². The molecule has 4 rings (SSSR count). The minimum atomic E-state index is -0.564. The van der Waals surface area contributed by atoms with E-state index in [0.29, 0.717) is 44.9 Å². The number of carbonyl (C=O) groups is 1. The van der Waals surface area contributed by atoms with E-state index in [9.17, 15) is 4.79 Å². The first-order valence-corrected chi connectivity index (χ1v) is 8.51. The van der Waals surface area contributed by atoms with Gasteiger partial charge in [0.05, 0.1) is 36.4 Å². The van der Waals surface area contributed by atoms with E-state index in [1.807, 2.05) is 0 Å². The highest BCUT2D eigenvalue weighted by molar-refractivity contribution is 6.08. The summed E-state index contributed by atoms with van der Waals surface area (Å²) in [5.74, 6) is 0.576. The van der Waals surface area contributed by atoms with Gasteiger partial charge in [0.1, 0.15) is 28.2 Å². The minimum Gasteiger partial charge on any atom is -0.495 e. The SMILES string of the molecule is CCOC(=O)c1c(C)c2c(C)oc3cc4occc4c(OC)c3c-2nc1=N. The van der Waals surface area contributed by atoms with E-state index in [1.165, 1.54) is 0 Å². The summed E-state index contributed by atoms with van der Waals surface area (Å²) in [6, 6.07) is 3.58. The normalized spacial score (nSPS) is 11.4. The standard InChI is InChI=1S/C20H18N2O5/c1-5-25-20(23)15-9(2)14-10(3)27-13-8-12-11(6-7-26-12)18(24-4)16(13)17(14)22-19(15)21/h6-8,21H,5H2,1-4H3. The predicted molar refractivity (Wildman–Crippen MR) is 98.2 cm³/mol. The second-order valence-electron chi connectivity index (χ2n) is 6.18. The van der Waals surface area contributed by atoms with E-state index in [0.717, 1.165) is 5.39 Å². The van der Waals surface area contributed by atoms with E-state index in [2.05, 4.69) is 4.98 Å². The van der Waals surface area contributed by atoms with E-state index in [-0.39, 0.29) is 17.7 Å². The van der Waals surface area contributed by atoms with Crippen LogP contribution in [0.5, 0.6) is 5.75 Å². The average molecular weight is 366 g/mol. The molecule has 0 unspecified atom stereocenters. The number of esters is 1. The van der Waals surface area contributed by atoms with Gasteiger partial charge in [-0.1, -0.05) is 0 Å². The zero-order valence-corrected chi connectivity index (χ0v) is 15.4. The molecule has 0 atom stereocenters. The number of aromatic nitrogens is 1. The third-order valence-electron chi connectivity index (χ3n) is 4.66. The summed E-state index contributed by atoms with van der Waals surface area (Å²) >= 11 is 0. The molecule has 0 bridgehead atoms. The van der Waals surface area contributed by atoms with Crippen LogP contribution in [0.3, 0.4) is 0 Å². The second kappa shape index (κ2) is 6.12. The van der Waals surface area contributed by atoms with Crippen molar-refractivity contribution in [3.05, 3.63) is 40.8 Å². The first-order chi connectivity index (χ1) is 13.0. The van der Waals surface area contributed by atoms with Crippen molar-refractivity contribution < 1.29 is 23.1 Å². The van der Waals surface area contributed by atoms with Gasteiger partial charge < -0.3 is 18.3 Å². The Bertz CT molecular complexity index is 1230. The summed E-state index contributed by atoms with van der Waals surface area (Å²) in [7, 11) is 1.56. The molecule has 2 aliphatic heterocycles. The van der Waals surface area contributed by atoms with Crippen LogP contribution in [0.25, 0.3) is 33.2 Å². The highest BCUT2D eigenvalue weighted by Crippen LogP contribution is 2.43. The van der Waals surface area contributed by atoms with Gasteiger partial charge in [0.25, 0.3) is 0 Å². The molecule has 3 heterocycles. The van der Waals surface area contributed by atoms with Gasteiger partial charge in [0, 0.05) is 11.6 Å². The number of rotatable bonds is 3. The minimum absolute atomic E-state index is 0.139. The first kappa shape index (κ1) is 17.1. The number of nitrogens with zero attached hydrogens (tertiary/aromatic N) is 1. The van der Waals surface area contributed by atoms with E-state index >= 15 is 0 Å². The number of ether oxygens (including phenoxy) is 2. The molecule has 0 spiro atoms.